The van der Waals surface area contributed by atoms with Crippen LogP contribution in [0.25, 0.3) is 21.3 Å². The van der Waals surface area contributed by atoms with Crippen LogP contribution in [0.2, 0.25) is 0 Å². The molecule has 4 aromatic rings. The van der Waals surface area contributed by atoms with Gasteiger partial charge in [-0.25, -0.2) is 9.97 Å². The maximum absolute atomic E-state index is 4.45. The van der Waals surface area contributed by atoms with Crippen LogP contribution in [0.15, 0.2) is 48.4 Å². The van der Waals surface area contributed by atoms with Gasteiger partial charge in [0.25, 0.3) is 0 Å². The lowest BCUT2D eigenvalue weighted by molar-refractivity contribution is 0.707. The highest BCUT2D eigenvalue weighted by atomic mass is 32.1. The summed E-state index contributed by atoms with van der Waals surface area (Å²) < 4.78 is 2.01. The molecule has 6 nitrogen and oxygen atoms in total. The number of aryl methyl sites for hydroxylation is 1. The molecule has 0 amide bonds. The van der Waals surface area contributed by atoms with Crippen molar-refractivity contribution in [3.63, 3.8) is 0 Å². The second-order valence-corrected chi connectivity index (χ2v) is 6.16. The summed E-state index contributed by atoms with van der Waals surface area (Å²) in [6.45, 7) is 3.49. The topological polar surface area (TPSA) is 68.5 Å². The average molecular weight is 336 g/mol. The molecule has 0 aliphatic carbocycles. The zero-order valence-corrected chi connectivity index (χ0v) is 14.0. The third-order valence-electron chi connectivity index (χ3n) is 3.91. The van der Waals surface area contributed by atoms with Gasteiger partial charge in [0.05, 0.1) is 11.9 Å². The molecule has 0 radical (unpaired) electrons. The Kier molecular flexibility index (Phi) is 3.92. The summed E-state index contributed by atoms with van der Waals surface area (Å²) in [4.78, 5) is 9.82. The fraction of sp³-hybridized carbons (Fsp3) is 0.176. The van der Waals surface area contributed by atoms with Crippen molar-refractivity contribution in [2.75, 3.05) is 5.32 Å². The summed E-state index contributed by atoms with van der Waals surface area (Å²) >= 11 is 1.63. The molecule has 0 spiro atoms. The van der Waals surface area contributed by atoms with Crippen molar-refractivity contribution in [2.45, 2.75) is 20.0 Å². The van der Waals surface area contributed by atoms with Crippen LogP contribution < -0.4 is 5.32 Å². The molecule has 0 fully saturated rings. The first-order valence-electron chi connectivity index (χ1n) is 7.75. The number of nitrogens with one attached hydrogen (secondary N) is 1. The molecule has 0 unspecified atom stereocenters. The van der Waals surface area contributed by atoms with Crippen LogP contribution in [-0.4, -0.2) is 24.7 Å². The largest absolute Gasteiger partial charge is 0.362 e. The SMILES string of the molecule is CCn1cnnc1CNc1ncnc2scc(-c3ccccc3)c12. The van der Waals surface area contributed by atoms with E-state index in [1.165, 1.54) is 5.56 Å². The maximum Gasteiger partial charge on any atom is 0.152 e. The van der Waals surface area contributed by atoms with Crippen LogP contribution in [0.4, 0.5) is 5.82 Å². The maximum atomic E-state index is 4.45. The van der Waals surface area contributed by atoms with Gasteiger partial charge in [0.15, 0.2) is 5.82 Å². The normalized spacial score (nSPS) is 11.0. The van der Waals surface area contributed by atoms with Gasteiger partial charge >= 0.3 is 0 Å². The first-order chi connectivity index (χ1) is 11.9. The summed E-state index contributed by atoms with van der Waals surface area (Å²) in [5, 5.41) is 14.7. The molecule has 0 aliphatic heterocycles. The minimum Gasteiger partial charge on any atom is -0.362 e. The smallest absolute Gasteiger partial charge is 0.152 e. The van der Waals surface area contributed by atoms with Gasteiger partial charge in [-0.1, -0.05) is 30.3 Å². The zero-order valence-electron chi connectivity index (χ0n) is 13.2. The lowest BCUT2D eigenvalue weighted by atomic mass is 10.1. The molecule has 0 atom stereocenters. The lowest BCUT2D eigenvalue weighted by Gasteiger charge is -2.08. The highest BCUT2D eigenvalue weighted by Crippen LogP contribution is 2.36. The highest BCUT2D eigenvalue weighted by Gasteiger charge is 2.13. The van der Waals surface area contributed by atoms with Crippen molar-refractivity contribution in [2.24, 2.45) is 0 Å². The first-order valence-corrected chi connectivity index (χ1v) is 8.63. The van der Waals surface area contributed by atoms with Crippen molar-refractivity contribution >= 4 is 27.4 Å². The summed E-state index contributed by atoms with van der Waals surface area (Å²) in [6, 6.07) is 10.3. The van der Waals surface area contributed by atoms with Gasteiger partial charge < -0.3 is 9.88 Å². The van der Waals surface area contributed by atoms with E-state index in [0.717, 1.165) is 34.0 Å². The first kappa shape index (κ1) is 14.8. The van der Waals surface area contributed by atoms with Crippen molar-refractivity contribution in [1.82, 2.24) is 24.7 Å². The van der Waals surface area contributed by atoms with E-state index in [1.807, 2.05) is 22.8 Å². The number of aromatic nitrogens is 5. The molecule has 1 N–H and O–H groups in total. The second kappa shape index (κ2) is 6.37. The van der Waals surface area contributed by atoms with E-state index in [1.54, 1.807) is 24.0 Å². The molecule has 3 heterocycles. The fourth-order valence-corrected chi connectivity index (χ4v) is 3.60. The van der Waals surface area contributed by atoms with Gasteiger partial charge in [0.1, 0.15) is 23.3 Å². The van der Waals surface area contributed by atoms with E-state index < -0.39 is 0 Å². The van der Waals surface area contributed by atoms with Gasteiger partial charge in [0, 0.05) is 17.5 Å². The Balaban J connectivity index is 1.72. The molecule has 0 saturated heterocycles. The van der Waals surface area contributed by atoms with E-state index in [4.69, 9.17) is 0 Å². The fourth-order valence-electron chi connectivity index (χ4n) is 2.68. The minimum atomic E-state index is 0.573. The quantitative estimate of drug-likeness (QED) is 0.603. The van der Waals surface area contributed by atoms with E-state index in [9.17, 15) is 0 Å². The van der Waals surface area contributed by atoms with Gasteiger partial charge in [-0.3, -0.25) is 0 Å². The van der Waals surface area contributed by atoms with Crippen LogP contribution in [0.1, 0.15) is 12.7 Å². The standard InChI is InChI=1S/C17H16N6S/c1-2-23-11-21-22-14(23)8-18-16-15-13(12-6-4-3-5-7-12)9-24-17(15)20-10-19-16/h3-7,9-11H,2,8H2,1H3,(H,18,19,20). The minimum absolute atomic E-state index is 0.573. The Morgan fingerprint density at radius 2 is 2.04 bits per heavy atom. The molecule has 0 bridgehead atoms. The van der Waals surface area contributed by atoms with Crippen LogP contribution in [0, 0.1) is 0 Å². The predicted molar refractivity (Wildman–Crippen MR) is 95.9 cm³/mol. The molecule has 0 saturated carbocycles. The summed E-state index contributed by atoms with van der Waals surface area (Å²) in [6.07, 6.45) is 3.34. The van der Waals surface area contributed by atoms with Gasteiger partial charge in [-0.15, -0.1) is 21.5 Å². The van der Waals surface area contributed by atoms with Gasteiger partial charge in [-0.2, -0.15) is 0 Å². The summed E-state index contributed by atoms with van der Waals surface area (Å²) in [7, 11) is 0. The van der Waals surface area contributed by atoms with E-state index >= 15 is 0 Å². The van der Waals surface area contributed by atoms with Crippen LogP contribution in [0.3, 0.4) is 0 Å². The summed E-state index contributed by atoms with van der Waals surface area (Å²) in [5.41, 5.74) is 2.31. The number of benzene rings is 1. The zero-order chi connectivity index (χ0) is 16.4. The Morgan fingerprint density at radius 1 is 1.17 bits per heavy atom. The van der Waals surface area contributed by atoms with Crippen LogP contribution in [-0.2, 0) is 13.1 Å². The van der Waals surface area contributed by atoms with Crippen molar-refractivity contribution < 1.29 is 0 Å². The molecule has 0 aliphatic rings. The Hall–Kier alpha value is -2.80. The van der Waals surface area contributed by atoms with E-state index in [-0.39, 0.29) is 0 Å². The molecule has 7 heteroatoms. The Morgan fingerprint density at radius 3 is 2.88 bits per heavy atom. The number of hydrogen-bond donors (Lipinski definition) is 1. The molecule has 24 heavy (non-hydrogen) atoms. The molecule has 120 valence electrons. The third kappa shape index (κ3) is 2.63. The number of rotatable bonds is 5. The van der Waals surface area contributed by atoms with E-state index in [2.05, 4.69) is 49.9 Å². The molecular formula is C17H16N6S. The number of thiophene rings is 1. The van der Waals surface area contributed by atoms with E-state index in [0.29, 0.717) is 6.54 Å². The second-order valence-electron chi connectivity index (χ2n) is 5.30. The van der Waals surface area contributed by atoms with Crippen LogP contribution in [0.5, 0.6) is 0 Å². The Labute approximate surface area is 143 Å². The molecule has 1 aromatic carbocycles. The number of hydrogen-bond acceptors (Lipinski definition) is 6. The number of fused-ring (bicyclic) bond motifs is 1. The highest BCUT2D eigenvalue weighted by molar-refractivity contribution is 7.17. The molecular weight excluding hydrogens is 320 g/mol. The third-order valence-corrected chi connectivity index (χ3v) is 4.79. The molecule has 4 rings (SSSR count). The molecule has 3 aromatic heterocycles. The van der Waals surface area contributed by atoms with Gasteiger partial charge in [-0.05, 0) is 12.5 Å². The number of nitrogens with zero attached hydrogens (tertiary/aromatic N) is 5. The summed E-state index contributed by atoms with van der Waals surface area (Å²) in [5.74, 6) is 1.71. The van der Waals surface area contributed by atoms with Gasteiger partial charge in [0.2, 0.25) is 0 Å². The average Bonchev–Trinajstić information content (AvgIpc) is 3.27. The Bertz CT molecular complexity index is 960. The van der Waals surface area contributed by atoms with Crippen molar-refractivity contribution in [3.05, 3.63) is 54.2 Å². The van der Waals surface area contributed by atoms with Crippen molar-refractivity contribution in [1.29, 1.82) is 0 Å². The lowest BCUT2D eigenvalue weighted by Crippen LogP contribution is -2.08. The predicted octanol–water partition coefficient (Wildman–Crippen LogP) is 3.58. The monoisotopic (exact) mass is 336 g/mol. The van der Waals surface area contributed by atoms with Crippen molar-refractivity contribution in [3.8, 4) is 11.1 Å². The number of anilines is 1. The van der Waals surface area contributed by atoms with Crippen LogP contribution >= 0.6 is 11.3 Å².